The van der Waals surface area contributed by atoms with Crippen LogP contribution in [0, 0.1) is 0 Å². The number of benzene rings is 4. The van der Waals surface area contributed by atoms with Crippen LogP contribution in [0.3, 0.4) is 0 Å². The first-order valence-corrected chi connectivity index (χ1v) is 26.0. The van der Waals surface area contributed by atoms with Gasteiger partial charge < -0.3 is 10.6 Å². The molecule has 0 bridgehead atoms. The van der Waals surface area contributed by atoms with E-state index in [1.165, 1.54) is 39.3 Å². The van der Waals surface area contributed by atoms with Crippen molar-refractivity contribution in [3.8, 4) is 0 Å². The van der Waals surface area contributed by atoms with E-state index in [0.717, 1.165) is 49.2 Å². The third-order valence-electron chi connectivity index (χ3n) is 10.4. The van der Waals surface area contributed by atoms with Crippen molar-refractivity contribution in [1.29, 1.82) is 0 Å². The number of fused-ring (bicyclic) bond motifs is 4. The summed E-state index contributed by atoms with van der Waals surface area (Å²) in [5, 5.41) is 8.83. The van der Waals surface area contributed by atoms with Gasteiger partial charge in [0.15, 0.2) is 9.84 Å². The van der Waals surface area contributed by atoms with Crippen LogP contribution in [-0.4, -0.2) is 70.3 Å². The van der Waals surface area contributed by atoms with Crippen LogP contribution in [-0.2, 0) is 19.7 Å². The average molecular weight is 899 g/mol. The number of aromatic nitrogens is 4. The molecule has 4 aromatic heterocycles. The third-order valence-corrected chi connectivity index (χ3v) is 18.4. The Hall–Kier alpha value is -4.32. The molecule has 0 radical (unpaired) electrons. The van der Waals surface area contributed by atoms with Crippen LogP contribution in [0.4, 0.5) is 22.7 Å². The highest BCUT2D eigenvalue weighted by molar-refractivity contribution is 8.01. The molecule has 0 atom stereocenters. The van der Waals surface area contributed by atoms with E-state index in [-0.39, 0.29) is 36.7 Å². The summed E-state index contributed by atoms with van der Waals surface area (Å²) in [6.45, 7) is 0. The second-order valence-electron chi connectivity index (χ2n) is 14.2. The molecular formula is C43H42N6O4S6. The maximum atomic E-state index is 13.2. The van der Waals surface area contributed by atoms with E-state index in [4.69, 9.17) is 0 Å². The number of rotatable bonds is 8. The van der Waals surface area contributed by atoms with E-state index in [9.17, 15) is 16.8 Å². The van der Waals surface area contributed by atoms with E-state index in [2.05, 4.69) is 84.8 Å². The minimum atomic E-state index is -3.64. The molecule has 2 saturated heterocycles. The molecule has 0 unspecified atom stereocenters. The molecule has 10 rings (SSSR count). The molecule has 0 spiro atoms. The van der Waals surface area contributed by atoms with Crippen molar-refractivity contribution < 1.29 is 16.8 Å². The van der Waals surface area contributed by atoms with Gasteiger partial charge >= 0.3 is 0 Å². The van der Waals surface area contributed by atoms with Crippen molar-refractivity contribution >= 4 is 131 Å². The molecule has 0 saturated carbocycles. The smallest absolute Gasteiger partial charge is 0.181 e. The maximum Gasteiger partial charge on any atom is 0.181 e. The minimum absolute atomic E-state index is 0. The van der Waals surface area contributed by atoms with Gasteiger partial charge in [0.05, 0.1) is 64.1 Å². The Morgan fingerprint density at radius 1 is 0.627 bits per heavy atom. The highest BCUT2D eigenvalue weighted by Crippen LogP contribution is 2.37. The van der Waals surface area contributed by atoms with Crippen molar-refractivity contribution in [2.24, 2.45) is 0 Å². The molecule has 2 aliphatic rings. The van der Waals surface area contributed by atoms with Crippen LogP contribution in [0.25, 0.3) is 42.2 Å². The summed E-state index contributed by atoms with van der Waals surface area (Å²) in [6.07, 6.45) is 6.42. The number of anilines is 4. The number of hydrogen-bond acceptors (Lipinski definition) is 14. The van der Waals surface area contributed by atoms with Crippen molar-refractivity contribution in [2.75, 3.05) is 33.6 Å². The lowest BCUT2D eigenvalue weighted by Gasteiger charge is -2.22. The lowest BCUT2D eigenvalue weighted by Crippen LogP contribution is -2.32. The van der Waals surface area contributed by atoms with Gasteiger partial charge in [-0.15, -0.1) is 34.4 Å². The van der Waals surface area contributed by atoms with E-state index < -0.39 is 24.9 Å². The number of thioether (sulfide) groups is 2. The standard InChI is InChI=1S/C21H19N3O4S3.C21H19N3S3.CH4/c25-30(26)9-6-15(7-10-30)31(27,28)16-2-3-18-17(12-16)19(5-8-22-18)24-14-1-4-21-20(11-14)23-13-29-21;1-4-21-20(23-13-26-21)11-14(1)24-19-5-8-22-18-3-2-16(12-17(18)19)27-15-6-9-25-10-7-15;/h1-5,8,11-13,15H,6-7,9-10H2,(H,22,24);1-5,8,11-13,15H,6-7,9-10H2,(H,22,24);1H4. The molecule has 16 heteroatoms. The van der Waals surface area contributed by atoms with Gasteiger partial charge in [-0.05, 0) is 122 Å². The number of sulfone groups is 2. The first-order chi connectivity index (χ1) is 28.2. The second-order valence-corrected chi connectivity index (χ2v) is 23.1. The Morgan fingerprint density at radius 2 is 1.19 bits per heavy atom. The molecule has 59 heavy (non-hydrogen) atoms. The summed E-state index contributed by atoms with van der Waals surface area (Å²) in [7, 11) is -6.78. The molecule has 2 aliphatic heterocycles. The first kappa shape index (κ1) is 41.4. The molecule has 0 aliphatic carbocycles. The summed E-state index contributed by atoms with van der Waals surface area (Å²) in [5.74, 6) is 2.41. The Morgan fingerprint density at radius 3 is 1.78 bits per heavy atom. The Balaban J connectivity index is 0.000000163. The van der Waals surface area contributed by atoms with Crippen molar-refractivity contribution in [3.05, 3.63) is 108 Å². The third kappa shape index (κ3) is 9.37. The fourth-order valence-electron chi connectivity index (χ4n) is 7.26. The zero-order chi connectivity index (χ0) is 39.7. The SMILES string of the molecule is C.O=S1(=O)CCC(S(=O)(=O)c2ccc3nccc(Nc4ccc5scnc5c4)c3c2)CC1.c1cc(Nc2ccc3scnc3c2)c2cc(SC3CCSCC3)ccc2n1. The summed E-state index contributed by atoms with van der Waals surface area (Å²) in [6, 6.07) is 27.6. The highest BCUT2D eigenvalue weighted by Gasteiger charge is 2.34. The topological polar surface area (TPSA) is 144 Å². The first-order valence-electron chi connectivity index (χ1n) is 18.8. The van der Waals surface area contributed by atoms with E-state index in [1.54, 1.807) is 58.6 Å². The summed E-state index contributed by atoms with van der Waals surface area (Å²) < 4.78 is 52.1. The average Bonchev–Trinajstić information content (AvgIpc) is 3.91. The summed E-state index contributed by atoms with van der Waals surface area (Å²) >= 11 is 7.34. The molecule has 0 amide bonds. The predicted octanol–water partition coefficient (Wildman–Crippen LogP) is 11.2. The van der Waals surface area contributed by atoms with E-state index in [0.29, 0.717) is 10.9 Å². The van der Waals surface area contributed by atoms with Crippen LogP contribution < -0.4 is 10.6 Å². The molecule has 2 fully saturated rings. The Labute approximate surface area is 360 Å². The van der Waals surface area contributed by atoms with Gasteiger partial charge in [0.1, 0.15) is 9.84 Å². The van der Waals surface area contributed by atoms with Crippen molar-refractivity contribution in [1.82, 2.24) is 19.9 Å². The van der Waals surface area contributed by atoms with Crippen LogP contribution in [0.15, 0.2) is 118 Å². The van der Waals surface area contributed by atoms with Gasteiger partial charge in [0.25, 0.3) is 0 Å². The van der Waals surface area contributed by atoms with Gasteiger partial charge in [0.2, 0.25) is 0 Å². The van der Waals surface area contributed by atoms with Gasteiger partial charge in [-0.1, -0.05) is 7.43 Å². The van der Waals surface area contributed by atoms with Crippen molar-refractivity contribution in [2.45, 2.75) is 53.4 Å². The van der Waals surface area contributed by atoms with Gasteiger partial charge in [-0.25, -0.2) is 26.8 Å². The van der Waals surface area contributed by atoms with Crippen LogP contribution in [0.2, 0.25) is 0 Å². The number of thiazole rings is 2. The second kappa shape index (κ2) is 17.7. The lowest BCUT2D eigenvalue weighted by atomic mass is 10.2. The minimum Gasteiger partial charge on any atom is -0.355 e. The zero-order valence-corrected chi connectivity index (χ0v) is 36.0. The monoisotopic (exact) mass is 898 g/mol. The number of pyridine rings is 2. The number of nitrogens with zero attached hydrogens (tertiary/aromatic N) is 4. The van der Waals surface area contributed by atoms with Crippen LogP contribution >= 0.6 is 46.2 Å². The fraction of sp³-hybridized carbons (Fsp3) is 0.256. The fourth-order valence-corrected chi connectivity index (χ4v) is 14.7. The van der Waals surface area contributed by atoms with Gasteiger partial charge in [0, 0.05) is 56.1 Å². The molecular weight excluding hydrogens is 857 g/mol. The van der Waals surface area contributed by atoms with Gasteiger partial charge in [-0.3, -0.25) is 9.97 Å². The Kier molecular flexibility index (Phi) is 12.4. The Bertz CT molecular complexity index is 2990. The number of nitrogens with one attached hydrogen (secondary N) is 2. The van der Waals surface area contributed by atoms with Crippen molar-refractivity contribution in [3.63, 3.8) is 0 Å². The molecule has 10 nitrogen and oxygen atoms in total. The number of hydrogen-bond donors (Lipinski definition) is 2. The normalized spacial score (nSPS) is 16.1. The van der Waals surface area contributed by atoms with Crippen LogP contribution in [0.1, 0.15) is 33.1 Å². The van der Waals surface area contributed by atoms with Crippen LogP contribution in [0.5, 0.6) is 0 Å². The lowest BCUT2D eigenvalue weighted by molar-refractivity contribution is 0.552. The zero-order valence-electron chi connectivity index (χ0n) is 31.1. The summed E-state index contributed by atoms with van der Waals surface area (Å²) in [5.41, 5.74) is 11.0. The molecule has 6 heterocycles. The van der Waals surface area contributed by atoms with E-state index >= 15 is 0 Å². The molecule has 8 aromatic rings. The predicted molar refractivity (Wildman–Crippen MR) is 251 cm³/mol. The van der Waals surface area contributed by atoms with E-state index in [1.807, 2.05) is 41.7 Å². The highest BCUT2D eigenvalue weighted by atomic mass is 32.2. The molecule has 4 aromatic carbocycles. The van der Waals surface area contributed by atoms with Gasteiger partial charge in [-0.2, -0.15) is 11.8 Å². The molecule has 304 valence electrons. The summed E-state index contributed by atoms with van der Waals surface area (Å²) in [4.78, 5) is 19.2. The quantitative estimate of drug-likeness (QED) is 0.150. The largest absolute Gasteiger partial charge is 0.355 e. The molecule has 2 N–H and O–H groups in total. The maximum absolute atomic E-state index is 13.2.